The summed E-state index contributed by atoms with van der Waals surface area (Å²) in [5, 5.41) is 1.14. The number of likely N-dealkylation sites (tertiary alicyclic amines) is 1. The van der Waals surface area contributed by atoms with Gasteiger partial charge in [-0.2, -0.15) is 0 Å². The van der Waals surface area contributed by atoms with E-state index in [0.717, 1.165) is 54.8 Å². The van der Waals surface area contributed by atoms with E-state index in [1.165, 1.54) is 5.56 Å². The van der Waals surface area contributed by atoms with Gasteiger partial charge in [0, 0.05) is 41.7 Å². The standard InChI is InChI=1S/C28H35N5O2/c1-20-15-25(31-27(30-20)28(2)8-11-32(3)12-9-28)26(34)33-13-14-35-19-22(18-33)16-21-6-7-24-23(17-21)5-4-10-29-24/h4-7,10,15,17,22H,8-9,11-14,16,18-19H2,1-3H3. The Kier molecular flexibility index (Phi) is 6.80. The molecule has 4 heterocycles. The fourth-order valence-electron chi connectivity index (χ4n) is 5.22. The van der Waals surface area contributed by atoms with Crippen LogP contribution < -0.4 is 0 Å². The van der Waals surface area contributed by atoms with Crippen molar-refractivity contribution in [1.29, 1.82) is 0 Å². The van der Waals surface area contributed by atoms with Gasteiger partial charge in [0.1, 0.15) is 11.5 Å². The molecule has 0 N–H and O–H groups in total. The molecule has 0 radical (unpaired) electrons. The van der Waals surface area contributed by atoms with Gasteiger partial charge in [-0.25, -0.2) is 9.97 Å². The van der Waals surface area contributed by atoms with E-state index in [9.17, 15) is 4.79 Å². The summed E-state index contributed by atoms with van der Waals surface area (Å²) in [6.45, 7) is 8.67. The molecule has 0 aliphatic carbocycles. The third-order valence-corrected chi connectivity index (χ3v) is 7.52. The zero-order valence-electron chi connectivity index (χ0n) is 21.0. The predicted molar refractivity (Wildman–Crippen MR) is 137 cm³/mol. The summed E-state index contributed by atoms with van der Waals surface area (Å²) >= 11 is 0. The SMILES string of the molecule is Cc1cc(C(=O)N2CCOCC(Cc3ccc4ncccc4c3)C2)nc(C2(C)CCN(C)CC2)n1. The minimum absolute atomic E-state index is 0.0218. The van der Waals surface area contributed by atoms with Crippen LogP contribution in [0.3, 0.4) is 0 Å². The number of piperidine rings is 1. The van der Waals surface area contributed by atoms with Crippen LogP contribution in [0.2, 0.25) is 0 Å². The van der Waals surface area contributed by atoms with Crippen LogP contribution in [0.15, 0.2) is 42.6 Å². The van der Waals surface area contributed by atoms with Crippen molar-refractivity contribution in [2.24, 2.45) is 5.92 Å². The third kappa shape index (κ3) is 5.36. The van der Waals surface area contributed by atoms with E-state index < -0.39 is 0 Å². The lowest BCUT2D eigenvalue weighted by Crippen LogP contribution is -2.41. The summed E-state index contributed by atoms with van der Waals surface area (Å²) in [6, 6.07) is 12.3. The molecule has 7 nitrogen and oxygen atoms in total. The number of aryl methyl sites for hydroxylation is 1. The van der Waals surface area contributed by atoms with Crippen LogP contribution in [-0.2, 0) is 16.6 Å². The molecule has 1 atom stereocenters. The van der Waals surface area contributed by atoms with Crippen LogP contribution in [0.5, 0.6) is 0 Å². The molecule has 2 aliphatic rings. The molecule has 5 rings (SSSR count). The maximum atomic E-state index is 13.6. The van der Waals surface area contributed by atoms with Crippen molar-refractivity contribution in [2.45, 2.75) is 38.5 Å². The van der Waals surface area contributed by atoms with Gasteiger partial charge >= 0.3 is 0 Å². The molecule has 0 saturated carbocycles. The monoisotopic (exact) mass is 473 g/mol. The Morgan fingerprint density at radius 1 is 1.14 bits per heavy atom. The molecule has 0 spiro atoms. The van der Waals surface area contributed by atoms with E-state index in [4.69, 9.17) is 14.7 Å². The first kappa shape index (κ1) is 23.8. The minimum atomic E-state index is -0.0943. The van der Waals surface area contributed by atoms with Gasteiger partial charge < -0.3 is 14.5 Å². The number of amides is 1. The molecule has 0 bridgehead atoms. The lowest BCUT2D eigenvalue weighted by Gasteiger charge is -2.36. The second-order valence-electron chi connectivity index (χ2n) is 10.5. The molecule has 2 saturated heterocycles. The normalized spacial score (nSPS) is 21.1. The van der Waals surface area contributed by atoms with Crippen LogP contribution in [0.4, 0.5) is 0 Å². The Hall–Kier alpha value is -2.90. The molecule has 2 aliphatic heterocycles. The van der Waals surface area contributed by atoms with Gasteiger partial charge in [-0.05, 0) is 76.2 Å². The average molecular weight is 474 g/mol. The molecule has 3 aromatic rings. The second-order valence-corrected chi connectivity index (χ2v) is 10.5. The van der Waals surface area contributed by atoms with Gasteiger partial charge in [-0.15, -0.1) is 0 Å². The molecule has 184 valence electrons. The number of carbonyl (C=O) groups excluding carboxylic acids is 1. The number of nitrogens with zero attached hydrogens (tertiary/aromatic N) is 5. The molecule has 2 aromatic heterocycles. The van der Waals surface area contributed by atoms with Gasteiger partial charge in [0.05, 0.1) is 18.7 Å². The number of fused-ring (bicyclic) bond motifs is 1. The van der Waals surface area contributed by atoms with E-state index in [1.807, 2.05) is 30.2 Å². The second kappa shape index (κ2) is 9.99. The highest BCUT2D eigenvalue weighted by molar-refractivity contribution is 5.92. The fourth-order valence-corrected chi connectivity index (χ4v) is 5.22. The first-order valence-electron chi connectivity index (χ1n) is 12.6. The van der Waals surface area contributed by atoms with Gasteiger partial charge in [0.15, 0.2) is 0 Å². The van der Waals surface area contributed by atoms with Crippen LogP contribution >= 0.6 is 0 Å². The largest absolute Gasteiger partial charge is 0.379 e. The number of ether oxygens (including phenoxy) is 1. The van der Waals surface area contributed by atoms with Gasteiger partial charge in [-0.1, -0.05) is 19.1 Å². The van der Waals surface area contributed by atoms with Crippen molar-refractivity contribution >= 4 is 16.8 Å². The van der Waals surface area contributed by atoms with Crippen molar-refractivity contribution in [3.8, 4) is 0 Å². The lowest BCUT2D eigenvalue weighted by atomic mass is 9.79. The Balaban J connectivity index is 1.33. The topological polar surface area (TPSA) is 71.5 Å². The predicted octanol–water partition coefficient (Wildman–Crippen LogP) is 3.65. The smallest absolute Gasteiger partial charge is 0.272 e. The van der Waals surface area contributed by atoms with Crippen LogP contribution in [0.1, 0.15) is 47.3 Å². The van der Waals surface area contributed by atoms with E-state index in [1.54, 1.807) is 0 Å². The molecular formula is C28H35N5O2. The Morgan fingerprint density at radius 2 is 1.97 bits per heavy atom. The van der Waals surface area contributed by atoms with E-state index in [2.05, 4.69) is 48.1 Å². The molecular weight excluding hydrogens is 438 g/mol. The lowest BCUT2D eigenvalue weighted by molar-refractivity contribution is 0.0730. The highest BCUT2D eigenvalue weighted by Gasteiger charge is 2.34. The molecule has 1 aromatic carbocycles. The highest BCUT2D eigenvalue weighted by atomic mass is 16.5. The Labute approximate surface area is 207 Å². The molecule has 2 fully saturated rings. The van der Waals surface area contributed by atoms with E-state index in [-0.39, 0.29) is 17.2 Å². The number of carbonyl (C=O) groups is 1. The molecule has 7 heteroatoms. The number of benzene rings is 1. The molecule has 1 amide bonds. The number of hydrogen-bond acceptors (Lipinski definition) is 6. The van der Waals surface area contributed by atoms with Gasteiger partial charge in [0.2, 0.25) is 0 Å². The quantitative estimate of drug-likeness (QED) is 0.576. The number of rotatable bonds is 4. The molecule has 1 unspecified atom stereocenters. The Bertz CT molecular complexity index is 1200. The first-order valence-corrected chi connectivity index (χ1v) is 12.6. The minimum Gasteiger partial charge on any atom is -0.379 e. The zero-order valence-corrected chi connectivity index (χ0v) is 21.0. The van der Waals surface area contributed by atoms with Crippen molar-refractivity contribution in [3.05, 3.63) is 65.4 Å². The van der Waals surface area contributed by atoms with Gasteiger partial charge in [0.25, 0.3) is 5.91 Å². The summed E-state index contributed by atoms with van der Waals surface area (Å²) < 4.78 is 5.91. The van der Waals surface area contributed by atoms with Gasteiger partial charge in [-0.3, -0.25) is 9.78 Å². The van der Waals surface area contributed by atoms with Crippen molar-refractivity contribution in [2.75, 3.05) is 46.4 Å². The molecule has 35 heavy (non-hydrogen) atoms. The van der Waals surface area contributed by atoms with Crippen LogP contribution in [0.25, 0.3) is 10.9 Å². The third-order valence-electron chi connectivity index (χ3n) is 7.52. The number of aromatic nitrogens is 3. The van der Waals surface area contributed by atoms with E-state index >= 15 is 0 Å². The van der Waals surface area contributed by atoms with Crippen molar-refractivity contribution < 1.29 is 9.53 Å². The average Bonchev–Trinajstić information content (AvgIpc) is 3.10. The Morgan fingerprint density at radius 3 is 2.80 bits per heavy atom. The summed E-state index contributed by atoms with van der Waals surface area (Å²) in [5.41, 5.74) is 3.50. The highest BCUT2D eigenvalue weighted by Crippen LogP contribution is 2.33. The maximum absolute atomic E-state index is 13.6. The van der Waals surface area contributed by atoms with Crippen LogP contribution in [0, 0.1) is 12.8 Å². The van der Waals surface area contributed by atoms with Crippen molar-refractivity contribution in [3.63, 3.8) is 0 Å². The summed E-state index contributed by atoms with van der Waals surface area (Å²) in [4.78, 5) is 31.9. The summed E-state index contributed by atoms with van der Waals surface area (Å²) in [6.07, 6.45) is 4.68. The number of pyridine rings is 1. The van der Waals surface area contributed by atoms with Crippen molar-refractivity contribution in [1.82, 2.24) is 24.8 Å². The maximum Gasteiger partial charge on any atom is 0.272 e. The first-order chi connectivity index (χ1) is 16.9. The zero-order chi connectivity index (χ0) is 24.4. The summed E-state index contributed by atoms with van der Waals surface area (Å²) in [5.74, 6) is 1.01. The summed E-state index contributed by atoms with van der Waals surface area (Å²) in [7, 11) is 2.15. The van der Waals surface area contributed by atoms with Crippen LogP contribution in [-0.4, -0.2) is 77.1 Å². The van der Waals surface area contributed by atoms with E-state index in [0.29, 0.717) is 32.0 Å². The number of hydrogen-bond donors (Lipinski definition) is 0. The fraction of sp³-hybridized carbons (Fsp3) is 0.500.